The average Bonchev–Trinajstić information content (AvgIpc) is 1.84. The summed E-state index contributed by atoms with van der Waals surface area (Å²) in [6.45, 7) is 6.87. The summed E-state index contributed by atoms with van der Waals surface area (Å²) >= 11 is 0. The Morgan fingerprint density at radius 2 is 2.44 bits per heavy atom. The van der Waals surface area contributed by atoms with Gasteiger partial charge in [-0.1, -0.05) is 31.9 Å². The van der Waals surface area contributed by atoms with Gasteiger partial charge in [-0.15, -0.1) is 0 Å². The molecule has 52 valence electrons. The number of hydrogen-bond acceptors (Lipinski definition) is 0. The Hall–Kier alpha value is -0.260. The molecule has 9 heavy (non-hydrogen) atoms. The molecule has 0 heterocycles. The molecule has 0 aromatic heterocycles. The van der Waals surface area contributed by atoms with E-state index in [1.807, 2.05) is 0 Å². The highest BCUT2D eigenvalue weighted by atomic mass is 14.3. The molecule has 0 aromatic rings. The Morgan fingerprint density at radius 1 is 1.78 bits per heavy atom. The van der Waals surface area contributed by atoms with E-state index in [9.17, 15) is 0 Å². The fraction of sp³-hybridized carbons (Fsp3) is 0.778. The minimum Gasteiger partial charge on any atom is -0.0847 e. The third-order valence-corrected chi connectivity index (χ3v) is 2.61. The predicted molar refractivity (Wildman–Crippen MR) is 41.3 cm³/mol. The van der Waals surface area contributed by atoms with Crippen molar-refractivity contribution in [3.63, 3.8) is 0 Å². The highest BCUT2D eigenvalue weighted by molar-refractivity contribution is 5.15. The monoisotopic (exact) mass is 124 g/mol. The van der Waals surface area contributed by atoms with Gasteiger partial charge < -0.3 is 0 Å². The Balaban J connectivity index is 2.38. The molecule has 0 fully saturated rings. The summed E-state index contributed by atoms with van der Waals surface area (Å²) in [4.78, 5) is 0. The van der Waals surface area contributed by atoms with Crippen LogP contribution < -0.4 is 0 Å². The lowest BCUT2D eigenvalue weighted by molar-refractivity contribution is 0.370. The molecule has 1 aliphatic rings. The molecule has 1 rings (SSSR count). The average molecular weight is 124 g/mol. The smallest absolute Gasteiger partial charge is 0.0146 e. The molecule has 2 unspecified atom stereocenters. The third-order valence-electron chi connectivity index (χ3n) is 2.61. The van der Waals surface area contributed by atoms with Gasteiger partial charge in [0.05, 0.1) is 0 Å². The van der Waals surface area contributed by atoms with Gasteiger partial charge in [0.25, 0.3) is 0 Å². The van der Waals surface area contributed by atoms with Crippen LogP contribution in [0.4, 0.5) is 0 Å². The lowest BCUT2D eigenvalue weighted by Crippen LogP contribution is -2.17. The van der Waals surface area contributed by atoms with Gasteiger partial charge in [-0.2, -0.15) is 0 Å². The molecule has 0 nitrogen and oxygen atoms in total. The van der Waals surface area contributed by atoms with Crippen LogP contribution in [-0.4, -0.2) is 0 Å². The van der Waals surface area contributed by atoms with E-state index >= 15 is 0 Å². The number of allylic oxidation sites excluding steroid dienone is 2. The SMILES string of the molecule is CCC(C)C1CC=C1C. The van der Waals surface area contributed by atoms with Crippen LogP contribution in [0.15, 0.2) is 11.6 Å². The van der Waals surface area contributed by atoms with E-state index in [2.05, 4.69) is 26.8 Å². The predicted octanol–water partition coefficient (Wildman–Crippen LogP) is 3.00. The standard InChI is InChI=1S/C9H16/c1-4-7(2)9-6-5-8(9)3/h5,7,9H,4,6H2,1-3H3. The normalized spacial score (nSPS) is 28.8. The Bertz CT molecular complexity index is 122. The molecule has 1 aliphatic carbocycles. The van der Waals surface area contributed by atoms with Crippen LogP contribution in [-0.2, 0) is 0 Å². The quantitative estimate of drug-likeness (QED) is 0.496. The third kappa shape index (κ3) is 1.17. The van der Waals surface area contributed by atoms with Gasteiger partial charge in [-0.3, -0.25) is 0 Å². The Morgan fingerprint density at radius 3 is 2.56 bits per heavy atom. The first-order valence-corrected chi connectivity index (χ1v) is 3.92. The first kappa shape index (κ1) is 6.85. The van der Waals surface area contributed by atoms with Crippen LogP contribution in [0.25, 0.3) is 0 Å². The summed E-state index contributed by atoms with van der Waals surface area (Å²) in [5.41, 5.74) is 1.62. The number of hydrogen-bond donors (Lipinski definition) is 0. The van der Waals surface area contributed by atoms with Gasteiger partial charge in [-0.05, 0) is 25.2 Å². The van der Waals surface area contributed by atoms with Crippen molar-refractivity contribution in [3.8, 4) is 0 Å². The molecule has 0 saturated heterocycles. The van der Waals surface area contributed by atoms with E-state index in [1.54, 1.807) is 5.57 Å². The second kappa shape index (κ2) is 2.55. The number of rotatable bonds is 2. The second-order valence-electron chi connectivity index (χ2n) is 3.18. The molecule has 0 aliphatic heterocycles. The Kier molecular flexibility index (Phi) is 1.94. The van der Waals surface area contributed by atoms with Crippen LogP contribution in [0.2, 0.25) is 0 Å². The van der Waals surface area contributed by atoms with Crippen molar-refractivity contribution < 1.29 is 0 Å². The second-order valence-corrected chi connectivity index (χ2v) is 3.18. The molecule has 0 bridgehead atoms. The summed E-state index contributed by atoms with van der Waals surface area (Å²) in [5, 5.41) is 0. The molecule has 0 aromatic carbocycles. The molecule has 0 amide bonds. The Labute approximate surface area is 58.0 Å². The van der Waals surface area contributed by atoms with E-state index in [-0.39, 0.29) is 0 Å². The zero-order valence-electron chi connectivity index (χ0n) is 6.65. The molecule has 0 saturated carbocycles. The summed E-state index contributed by atoms with van der Waals surface area (Å²) in [7, 11) is 0. The van der Waals surface area contributed by atoms with Crippen LogP contribution in [0.5, 0.6) is 0 Å². The molecule has 0 heteroatoms. The van der Waals surface area contributed by atoms with E-state index in [4.69, 9.17) is 0 Å². The highest BCUT2D eigenvalue weighted by Gasteiger charge is 2.21. The van der Waals surface area contributed by atoms with Crippen molar-refractivity contribution in [2.24, 2.45) is 11.8 Å². The maximum atomic E-state index is 2.35. The van der Waals surface area contributed by atoms with Crippen LogP contribution in [0.1, 0.15) is 33.6 Å². The fourth-order valence-corrected chi connectivity index (χ4v) is 1.46. The largest absolute Gasteiger partial charge is 0.0847 e. The fourth-order valence-electron chi connectivity index (χ4n) is 1.46. The van der Waals surface area contributed by atoms with Crippen molar-refractivity contribution in [3.05, 3.63) is 11.6 Å². The molecular formula is C9H16. The van der Waals surface area contributed by atoms with E-state index in [0.717, 1.165) is 11.8 Å². The first-order valence-electron chi connectivity index (χ1n) is 3.92. The van der Waals surface area contributed by atoms with Gasteiger partial charge in [0.1, 0.15) is 0 Å². The zero-order valence-corrected chi connectivity index (χ0v) is 6.65. The van der Waals surface area contributed by atoms with Gasteiger partial charge >= 0.3 is 0 Å². The minimum absolute atomic E-state index is 0.912. The summed E-state index contributed by atoms with van der Waals surface area (Å²) < 4.78 is 0. The van der Waals surface area contributed by atoms with Crippen LogP contribution in [0, 0.1) is 11.8 Å². The zero-order chi connectivity index (χ0) is 6.85. The van der Waals surface area contributed by atoms with Crippen LogP contribution >= 0.6 is 0 Å². The maximum absolute atomic E-state index is 2.35. The van der Waals surface area contributed by atoms with E-state index in [1.165, 1.54) is 12.8 Å². The minimum atomic E-state index is 0.912. The van der Waals surface area contributed by atoms with Gasteiger partial charge in [-0.25, -0.2) is 0 Å². The van der Waals surface area contributed by atoms with Gasteiger partial charge in [0.15, 0.2) is 0 Å². The van der Waals surface area contributed by atoms with Crippen molar-refractivity contribution in [2.75, 3.05) is 0 Å². The molecule has 2 atom stereocenters. The molecule has 0 radical (unpaired) electrons. The molecule has 0 spiro atoms. The topological polar surface area (TPSA) is 0 Å². The van der Waals surface area contributed by atoms with E-state index < -0.39 is 0 Å². The molecular weight excluding hydrogens is 108 g/mol. The van der Waals surface area contributed by atoms with Crippen molar-refractivity contribution in [2.45, 2.75) is 33.6 Å². The molecule has 0 N–H and O–H groups in total. The lowest BCUT2D eigenvalue weighted by Gasteiger charge is -2.29. The van der Waals surface area contributed by atoms with Crippen molar-refractivity contribution >= 4 is 0 Å². The summed E-state index contributed by atoms with van der Waals surface area (Å²) in [6, 6.07) is 0. The summed E-state index contributed by atoms with van der Waals surface area (Å²) in [5.74, 6) is 1.84. The van der Waals surface area contributed by atoms with Crippen molar-refractivity contribution in [1.82, 2.24) is 0 Å². The maximum Gasteiger partial charge on any atom is -0.0146 e. The highest BCUT2D eigenvalue weighted by Crippen LogP contribution is 2.34. The summed E-state index contributed by atoms with van der Waals surface area (Å²) in [6.07, 6.45) is 5.01. The van der Waals surface area contributed by atoms with Crippen molar-refractivity contribution in [1.29, 1.82) is 0 Å². The van der Waals surface area contributed by atoms with E-state index in [0.29, 0.717) is 0 Å². The van der Waals surface area contributed by atoms with Crippen LogP contribution in [0.3, 0.4) is 0 Å². The van der Waals surface area contributed by atoms with Gasteiger partial charge in [0, 0.05) is 0 Å². The first-order chi connectivity index (χ1) is 4.25. The lowest BCUT2D eigenvalue weighted by atomic mass is 9.76. The van der Waals surface area contributed by atoms with Gasteiger partial charge in [0.2, 0.25) is 0 Å².